The first-order chi connectivity index (χ1) is 11.0. The number of unbranched alkanes of at least 4 members (excludes halogenated alkanes) is 5. The van der Waals surface area contributed by atoms with Crippen molar-refractivity contribution in [2.75, 3.05) is 6.61 Å². The van der Waals surface area contributed by atoms with Crippen LogP contribution in [0, 0.1) is 0 Å². The van der Waals surface area contributed by atoms with Crippen molar-refractivity contribution in [3.63, 3.8) is 0 Å². The van der Waals surface area contributed by atoms with Crippen LogP contribution in [0.4, 0.5) is 0 Å². The molecule has 0 aliphatic rings. The number of ether oxygens (including phenoxy) is 2. The lowest BCUT2D eigenvalue weighted by Crippen LogP contribution is -2.13. The molecule has 1 aromatic carbocycles. The van der Waals surface area contributed by atoms with Crippen molar-refractivity contribution in [1.29, 1.82) is 0 Å². The van der Waals surface area contributed by atoms with Gasteiger partial charge in [0, 0.05) is 0 Å². The van der Waals surface area contributed by atoms with E-state index >= 15 is 0 Å². The van der Waals surface area contributed by atoms with Crippen molar-refractivity contribution in [1.82, 2.24) is 0 Å². The quantitative estimate of drug-likeness (QED) is 0.460. The zero-order valence-electron chi connectivity index (χ0n) is 14.5. The Morgan fingerprint density at radius 1 is 0.957 bits per heavy atom. The maximum Gasteiger partial charge on any atom is 0.338 e. The smallest absolute Gasteiger partial charge is 0.338 e. The number of hydrogen-bond donors (Lipinski definition) is 0. The maximum atomic E-state index is 12.0. The molecular weight excluding hydrogens is 292 g/mol. The second-order valence-electron chi connectivity index (χ2n) is 5.94. The van der Waals surface area contributed by atoms with Crippen LogP contribution in [0.5, 0.6) is 0 Å². The van der Waals surface area contributed by atoms with Crippen LogP contribution in [-0.4, -0.2) is 24.6 Å². The molecule has 4 nitrogen and oxygen atoms in total. The molecule has 0 aliphatic heterocycles. The van der Waals surface area contributed by atoms with Gasteiger partial charge in [-0.3, -0.25) is 0 Å². The molecule has 0 heterocycles. The first-order valence-electron chi connectivity index (χ1n) is 8.52. The van der Waals surface area contributed by atoms with Gasteiger partial charge in [-0.05, 0) is 38.5 Å². The van der Waals surface area contributed by atoms with Gasteiger partial charge in [-0.2, -0.15) is 0 Å². The van der Waals surface area contributed by atoms with E-state index in [-0.39, 0.29) is 6.10 Å². The van der Waals surface area contributed by atoms with Crippen molar-refractivity contribution in [3.8, 4) is 0 Å². The summed E-state index contributed by atoms with van der Waals surface area (Å²) in [5.74, 6) is -0.816. The maximum absolute atomic E-state index is 12.0. The Balaban J connectivity index is 2.40. The van der Waals surface area contributed by atoms with Gasteiger partial charge in [0.1, 0.15) is 0 Å². The molecule has 0 saturated heterocycles. The summed E-state index contributed by atoms with van der Waals surface area (Å²) < 4.78 is 10.4. The van der Waals surface area contributed by atoms with Gasteiger partial charge in [-0.1, -0.05) is 45.1 Å². The van der Waals surface area contributed by atoms with Gasteiger partial charge in [0.2, 0.25) is 0 Å². The number of rotatable bonds is 10. The molecule has 1 rings (SSSR count). The van der Waals surface area contributed by atoms with E-state index in [2.05, 4.69) is 6.92 Å². The highest BCUT2D eigenvalue weighted by Gasteiger charge is 2.13. The number of hydrogen-bond acceptors (Lipinski definition) is 4. The van der Waals surface area contributed by atoms with Crippen molar-refractivity contribution >= 4 is 11.9 Å². The number of benzene rings is 1. The Kier molecular flexibility index (Phi) is 9.03. The SMILES string of the molecule is CCCCCCCCOC(=O)c1cccc(C(=O)OC(C)C)c1. The summed E-state index contributed by atoms with van der Waals surface area (Å²) in [5, 5.41) is 0. The zero-order chi connectivity index (χ0) is 17.1. The van der Waals surface area contributed by atoms with Crippen LogP contribution in [0.3, 0.4) is 0 Å². The summed E-state index contributed by atoms with van der Waals surface area (Å²) in [4.78, 5) is 23.8. The van der Waals surface area contributed by atoms with Crippen LogP contribution < -0.4 is 0 Å². The fourth-order valence-electron chi connectivity index (χ4n) is 2.19. The van der Waals surface area contributed by atoms with Crippen LogP contribution in [0.15, 0.2) is 24.3 Å². The number of carbonyl (C=O) groups excluding carboxylic acids is 2. The summed E-state index contributed by atoms with van der Waals surface area (Å²) >= 11 is 0. The molecule has 0 unspecified atom stereocenters. The predicted molar refractivity (Wildman–Crippen MR) is 90.7 cm³/mol. The molecule has 0 spiro atoms. The first kappa shape index (κ1) is 19.2. The van der Waals surface area contributed by atoms with Crippen LogP contribution in [0.25, 0.3) is 0 Å². The Morgan fingerprint density at radius 3 is 2.22 bits per heavy atom. The van der Waals surface area contributed by atoms with Crippen LogP contribution in [0.2, 0.25) is 0 Å². The van der Waals surface area contributed by atoms with Gasteiger partial charge in [0.15, 0.2) is 0 Å². The summed E-state index contributed by atoms with van der Waals surface area (Å²) in [6.07, 6.45) is 6.68. The van der Waals surface area contributed by atoms with E-state index in [4.69, 9.17) is 9.47 Å². The molecular formula is C19H28O4. The number of esters is 2. The lowest BCUT2D eigenvalue weighted by Gasteiger charge is -2.09. The average Bonchev–Trinajstić information content (AvgIpc) is 2.53. The van der Waals surface area contributed by atoms with Gasteiger partial charge in [-0.15, -0.1) is 0 Å². The summed E-state index contributed by atoms with van der Waals surface area (Å²) in [6, 6.07) is 6.47. The second-order valence-corrected chi connectivity index (χ2v) is 5.94. The van der Waals surface area contributed by atoms with Crippen LogP contribution >= 0.6 is 0 Å². The molecule has 0 aromatic heterocycles. The fourth-order valence-corrected chi connectivity index (χ4v) is 2.19. The van der Waals surface area contributed by atoms with E-state index in [9.17, 15) is 9.59 Å². The van der Waals surface area contributed by atoms with Crippen molar-refractivity contribution in [2.45, 2.75) is 65.4 Å². The average molecular weight is 320 g/mol. The zero-order valence-corrected chi connectivity index (χ0v) is 14.5. The lowest BCUT2D eigenvalue weighted by atomic mass is 10.1. The van der Waals surface area contributed by atoms with E-state index in [0.29, 0.717) is 17.7 Å². The van der Waals surface area contributed by atoms with Gasteiger partial charge < -0.3 is 9.47 Å². The standard InChI is InChI=1S/C19H28O4/c1-4-5-6-7-8-9-13-22-18(20)16-11-10-12-17(14-16)19(21)23-15(2)3/h10-12,14-15H,4-9,13H2,1-3H3. The predicted octanol–water partition coefficient (Wildman–Crippen LogP) is 4.77. The molecule has 0 amide bonds. The molecule has 4 heteroatoms. The molecule has 0 aliphatic carbocycles. The van der Waals surface area contributed by atoms with E-state index in [1.807, 2.05) is 0 Å². The van der Waals surface area contributed by atoms with E-state index < -0.39 is 11.9 Å². The highest BCUT2D eigenvalue weighted by Crippen LogP contribution is 2.10. The van der Waals surface area contributed by atoms with Crippen LogP contribution in [-0.2, 0) is 9.47 Å². The van der Waals surface area contributed by atoms with Gasteiger partial charge in [0.05, 0.1) is 23.8 Å². The van der Waals surface area contributed by atoms with Gasteiger partial charge in [0.25, 0.3) is 0 Å². The van der Waals surface area contributed by atoms with Crippen molar-refractivity contribution in [3.05, 3.63) is 35.4 Å². The van der Waals surface area contributed by atoms with Crippen LogP contribution in [0.1, 0.15) is 80.0 Å². The van der Waals surface area contributed by atoms with Gasteiger partial charge in [-0.25, -0.2) is 9.59 Å². The fraction of sp³-hybridized carbons (Fsp3) is 0.579. The molecule has 23 heavy (non-hydrogen) atoms. The Hall–Kier alpha value is -1.84. The Bertz CT molecular complexity index is 494. The normalized spacial score (nSPS) is 10.6. The minimum Gasteiger partial charge on any atom is -0.462 e. The highest BCUT2D eigenvalue weighted by atomic mass is 16.5. The van der Waals surface area contributed by atoms with Gasteiger partial charge >= 0.3 is 11.9 Å². The summed E-state index contributed by atoms with van der Waals surface area (Å²) in [5.41, 5.74) is 0.752. The summed E-state index contributed by atoms with van der Waals surface area (Å²) in [6.45, 7) is 6.19. The third-order valence-electron chi connectivity index (χ3n) is 3.41. The molecule has 128 valence electrons. The minimum atomic E-state index is -0.425. The molecule has 0 fully saturated rings. The van der Waals surface area contributed by atoms with E-state index in [0.717, 1.165) is 12.8 Å². The highest BCUT2D eigenvalue weighted by molar-refractivity contribution is 5.95. The Morgan fingerprint density at radius 2 is 1.57 bits per heavy atom. The lowest BCUT2D eigenvalue weighted by molar-refractivity contribution is 0.0378. The van der Waals surface area contributed by atoms with E-state index in [1.165, 1.54) is 31.7 Å². The molecule has 1 aromatic rings. The summed E-state index contributed by atoms with van der Waals surface area (Å²) in [7, 11) is 0. The first-order valence-corrected chi connectivity index (χ1v) is 8.52. The van der Waals surface area contributed by atoms with Crippen molar-refractivity contribution < 1.29 is 19.1 Å². The molecule has 0 radical (unpaired) electrons. The largest absolute Gasteiger partial charge is 0.462 e. The van der Waals surface area contributed by atoms with Crippen molar-refractivity contribution in [2.24, 2.45) is 0 Å². The second kappa shape index (κ2) is 10.8. The monoisotopic (exact) mass is 320 g/mol. The third-order valence-corrected chi connectivity index (χ3v) is 3.41. The Labute approximate surface area is 139 Å². The minimum absolute atomic E-state index is 0.189. The third kappa shape index (κ3) is 7.82. The molecule has 0 atom stereocenters. The number of carbonyl (C=O) groups is 2. The van der Waals surface area contributed by atoms with E-state index in [1.54, 1.807) is 32.0 Å². The molecule has 0 N–H and O–H groups in total. The topological polar surface area (TPSA) is 52.6 Å². The molecule has 0 saturated carbocycles. The molecule has 0 bridgehead atoms.